The Morgan fingerprint density at radius 2 is 1.52 bits per heavy atom. The zero-order valence-corrected chi connectivity index (χ0v) is 18.2. The van der Waals surface area contributed by atoms with E-state index in [-0.39, 0.29) is 31.8 Å². The number of carbonyl (C=O) groups is 4. The van der Waals surface area contributed by atoms with Gasteiger partial charge in [0.05, 0.1) is 0 Å². The lowest BCUT2D eigenvalue weighted by molar-refractivity contribution is -0.197. The fraction of sp³-hybridized carbons (Fsp3) is 0.360. The fourth-order valence-electron chi connectivity index (χ4n) is 4.27. The lowest BCUT2D eigenvalue weighted by atomic mass is 9.98. The van der Waals surface area contributed by atoms with Gasteiger partial charge in [-0.1, -0.05) is 55.0 Å². The first-order valence-corrected chi connectivity index (χ1v) is 11.1. The minimum absolute atomic E-state index is 0.0223. The molecule has 0 radical (unpaired) electrons. The fourth-order valence-corrected chi connectivity index (χ4v) is 4.27. The van der Waals surface area contributed by atoms with E-state index in [0.717, 1.165) is 22.3 Å². The van der Waals surface area contributed by atoms with E-state index in [1.807, 2.05) is 24.3 Å². The van der Waals surface area contributed by atoms with E-state index < -0.39 is 29.8 Å². The number of hydrogen-bond donors (Lipinski definition) is 1. The molecule has 0 spiro atoms. The topological polar surface area (TPSA) is 116 Å². The third-order valence-corrected chi connectivity index (χ3v) is 6.00. The maximum absolute atomic E-state index is 12.4. The van der Waals surface area contributed by atoms with Crippen LogP contribution in [0.25, 0.3) is 11.1 Å². The van der Waals surface area contributed by atoms with Crippen molar-refractivity contribution in [1.82, 2.24) is 5.06 Å². The van der Waals surface area contributed by atoms with Gasteiger partial charge in [-0.05, 0) is 35.1 Å². The Morgan fingerprint density at radius 1 is 0.939 bits per heavy atom. The van der Waals surface area contributed by atoms with Gasteiger partial charge in [-0.3, -0.25) is 14.4 Å². The van der Waals surface area contributed by atoms with Gasteiger partial charge in [-0.15, -0.1) is 5.06 Å². The molecule has 2 N–H and O–H groups in total. The van der Waals surface area contributed by atoms with E-state index in [1.165, 1.54) is 0 Å². The van der Waals surface area contributed by atoms with Gasteiger partial charge in [-0.25, -0.2) is 4.79 Å². The number of hydroxylamine groups is 2. The first-order valence-electron chi connectivity index (χ1n) is 11.1. The second kappa shape index (κ2) is 9.95. The Morgan fingerprint density at radius 3 is 2.12 bits per heavy atom. The van der Waals surface area contributed by atoms with Crippen molar-refractivity contribution >= 4 is 23.8 Å². The Kier molecular flexibility index (Phi) is 6.84. The van der Waals surface area contributed by atoms with Crippen LogP contribution in [-0.4, -0.2) is 41.5 Å². The highest BCUT2D eigenvalue weighted by Crippen LogP contribution is 2.44. The van der Waals surface area contributed by atoms with Crippen molar-refractivity contribution in [2.24, 2.45) is 5.73 Å². The van der Waals surface area contributed by atoms with Crippen LogP contribution in [0.3, 0.4) is 0 Å². The molecule has 1 fully saturated rings. The van der Waals surface area contributed by atoms with Gasteiger partial charge in [0.25, 0.3) is 11.8 Å². The van der Waals surface area contributed by atoms with Gasteiger partial charge in [0.1, 0.15) is 12.6 Å². The standard InChI is InChI=1S/C25H26N2O6/c26-21(11-5-6-12-24(30)33-27-22(28)13-14-23(27)29)25(31)32-15-20-18-9-3-1-7-16(18)17-8-2-4-10-19(17)20/h1-4,7-10,20-21H,5-6,11-15,26H2/t21-/m1/s1. The largest absolute Gasteiger partial charge is 0.464 e. The van der Waals surface area contributed by atoms with E-state index in [9.17, 15) is 19.2 Å². The van der Waals surface area contributed by atoms with Crippen molar-refractivity contribution < 1.29 is 28.8 Å². The lowest BCUT2D eigenvalue weighted by Crippen LogP contribution is -2.33. The van der Waals surface area contributed by atoms with E-state index in [1.54, 1.807) is 0 Å². The maximum atomic E-state index is 12.4. The Bertz CT molecular complexity index is 1020. The van der Waals surface area contributed by atoms with Gasteiger partial charge in [0.2, 0.25) is 0 Å². The van der Waals surface area contributed by atoms with Crippen molar-refractivity contribution in [3.8, 4) is 11.1 Å². The first kappa shape index (κ1) is 22.7. The van der Waals surface area contributed by atoms with Crippen molar-refractivity contribution in [3.63, 3.8) is 0 Å². The van der Waals surface area contributed by atoms with Gasteiger partial charge < -0.3 is 15.3 Å². The van der Waals surface area contributed by atoms with Crippen LogP contribution >= 0.6 is 0 Å². The predicted molar refractivity (Wildman–Crippen MR) is 118 cm³/mol. The van der Waals surface area contributed by atoms with E-state index in [0.29, 0.717) is 24.3 Å². The summed E-state index contributed by atoms with van der Waals surface area (Å²) in [5, 5.41) is 0.532. The molecule has 8 heteroatoms. The number of fused-ring (bicyclic) bond motifs is 3. The highest BCUT2D eigenvalue weighted by molar-refractivity contribution is 6.01. The minimum Gasteiger partial charge on any atom is -0.464 e. The summed E-state index contributed by atoms with van der Waals surface area (Å²) in [6.07, 6.45) is 1.41. The molecule has 172 valence electrons. The minimum atomic E-state index is -0.797. The van der Waals surface area contributed by atoms with Gasteiger partial charge >= 0.3 is 11.9 Å². The molecule has 1 aliphatic heterocycles. The van der Waals surface area contributed by atoms with Crippen LogP contribution in [0, 0.1) is 0 Å². The van der Waals surface area contributed by atoms with Crippen molar-refractivity contribution in [1.29, 1.82) is 0 Å². The number of unbranched alkanes of at least 4 members (excludes halogenated alkanes) is 1. The number of esters is 1. The Hall–Kier alpha value is -3.52. The number of hydrogen-bond acceptors (Lipinski definition) is 7. The highest BCUT2D eigenvalue weighted by Gasteiger charge is 2.33. The highest BCUT2D eigenvalue weighted by atomic mass is 16.7. The van der Waals surface area contributed by atoms with Crippen molar-refractivity contribution in [2.75, 3.05) is 6.61 Å². The summed E-state index contributed by atoms with van der Waals surface area (Å²) < 4.78 is 5.55. The second-order valence-electron chi connectivity index (χ2n) is 8.25. The number of rotatable bonds is 9. The third-order valence-electron chi connectivity index (χ3n) is 6.00. The van der Waals surface area contributed by atoms with Crippen LogP contribution in [-0.2, 0) is 28.8 Å². The van der Waals surface area contributed by atoms with Crippen LogP contribution in [0.1, 0.15) is 55.6 Å². The molecule has 1 saturated heterocycles. The van der Waals surface area contributed by atoms with Gasteiger partial charge in [0, 0.05) is 25.2 Å². The zero-order chi connectivity index (χ0) is 23.4. The smallest absolute Gasteiger partial charge is 0.333 e. The van der Waals surface area contributed by atoms with Crippen molar-refractivity contribution in [3.05, 3.63) is 59.7 Å². The summed E-state index contributed by atoms with van der Waals surface area (Å²) in [5.74, 6) is -2.18. The number of amides is 2. The van der Waals surface area contributed by atoms with Crippen LogP contribution in [0.15, 0.2) is 48.5 Å². The molecule has 33 heavy (non-hydrogen) atoms. The predicted octanol–water partition coefficient (Wildman–Crippen LogP) is 2.84. The molecule has 0 bridgehead atoms. The van der Waals surface area contributed by atoms with Crippen LogP contribution in [0.5, 0.6) is 0 Å². The number of nitrogens with zero attached hydrogens (tertiary/aromatic N) is 1. The molecule has 0 unspecified atom stereocenters. The summed E-state index contributed by atoms with van der Waals surface area (Å²) >= 11 is 0. The molecule has 2 aliphatic rings. The maximum Gasteiger partial charge on any atom is 0.333 e. The average molecular weight is 450 g/mol. The van der Waals surface area contributed by atoms with E-state index >= 15 is 0 Å². The van der Waals surface area contributed by atoms with Crippen LogP contribution in [0.2, 0.25) is 0 Å². The molecule has 1 aliphatic carbocycles. The Balaban J connectivity index is 1.21. The number of benzene rings is 2. The Labute approximate surface area is 191 Å². The summed E-state index contributed by atoms with van der Waals surface area (Å²) in [7, 11) is 0. The van der Waals surface area contributed by atoms with Crippen molar-refractivity contribution in [2.45, 2.75) is 50.5 Å². The number of ether oxygens (including phenoxy) is 1. The quantitative estimate of drug-likeness (QED) is 0.355. The molecule has 2 aromatic rings. The number of imide groups is 1. The number of nitrogens with two attached hydrogens (primary N) is 1. The van der Waals surface area contributed by atoms with E-state index in [4.69, 9.17) is 15.3 Å². The molecule has 4 rings (SSSR count). The summed E-state index contributed by atoms with van der Waals surface area (Å²) in [6.45, 7) is 0.213. The molecule has 2 amide bonds. The van der Waals surface area contributed by atoms with Gasteiger partial charge in [0.15, 0.2) is 0 Å². The zero-order valence-electron chi connectivity index (χ0n) is 18.2. The third kappa shape index (κ3) is 4.96. The normalized spacial score (nSPS) is 15.8. The second-order valence-corrected chi connectivity index (χ2v) is 8.25. The summed E-state index contributed by atoms with van der Waals surface area (Å²) in [6, 6.07) is 15.4. The first-order chi connectivity index (χ1) is 16.0. The SMILES string of the molecule is N[C@H](CCCCC(=O)ON1C(=O)CCC1=O)C(=O)OCC1c2ccccc2-c2ccccc21. The number of carbonyl (C=O) groups excluding carboxylic acids is 4. The molecule has 0 saturated carbocycles. The summed E-state index contributed by atoms with van der Waals surface area (Å²) in [4.78, 5) is 52.0. The molecular weight excluding hydrogens is 424 g/mol. The molecule has 2 aromatic carbocycles. The van der Waals surface area contributed by atoms with Gasteiger partial charge in [-0.2, -0.15) is 0 Å². The molecule has 0 aromatic heterocycles. The molecule has 1 atom stereocenters. The molecule has 8 nitrogen and oxygen atoms in total. The van der Waals surface area contributed by atoms with E-state index in [2.05, 4.69) is 24.3 Å². The summed E-state index contributed by atoms with van der Waals surface area (Å²) in [5.41, 5.74) is 10.6. The average Bonchev–Trinajstić information content (AvgIpc) is 3.32. The lowest BCUT2D eigenvalue weighted by Gasteiger charge is -2.16. The van der Waals surface area contributed by atoms with Crippen LogP contribution < -0.4 is 5.73 Å². The molecular formula is C25H26N2O6. The monoisotopic (exact) mass is 450 g/mol. The van der Waals surface area contributed by atoms with Crippen LogP contribution in [0.4, 0.5) is 0 Å². The molecule has 1 heterocycles.